The van der Waals surface area contributed by atoms with Gasteiger partial charge in [-0.1, -0.05) is 26.0 Å². The molecule has 1 atom stereocenters. The molecule has 1 aromatic rings. The zero-order valence-electron chi connectivity index (χ0n) is 18.3. The van der Waals surface area contributed by atoms with Gasteiger partial charge in [0.15, 0.2) is 0 Å². The number of hydrogen-bond acceptors (Lipinski definition) is 6. The molecule has 1 aromatic carbocycles. The standard InChI is InChI=1S/C21H37N3O2.CH4S/c1-4-23(5-2)12-6-16-26-21-9-7-20(8-10-21)19(3)22-11-13-24-14-17-25-18-15-24;1-2/h7-10,19,22H,4-6,11-18H2,1-3H3;2H,1H3. The topological polar surface area (TPSA) is 37.0 Å². The molecule has 0 aliphatic carbocycles. The van der Waals surface area contributed by atoms with E-state index in [1.165, 1.54) is 5.56 Å². The van der Waals surface area contributed by atoms with Gasteiger partial charge >= 0.3 is 0 Å². The molecule has 1 saturated heterocycles. The van der Waals surface area contributed by atoms with Gasteiger partial charge in [-0.3, -0.25) is 4.90 Å². The Morgan fingerprint density at radius 1 is 1.14 bits per heavy atom. The molecule has 0 saturated carbocycles. The average molecular weight is 412 g/mol. The highest BCUT2D eigenvalue weighted by Crippen LogP contribution is 2.17. The van der Waals surface area contributed by atoms with Crippen LogP contribution in [0.1, 0.15) is 38.8 Å². The Bertz CT molecular complexity index is 477. The van der Waals surface area contributed by atoms with Gasteiger partial charge in [-0.2, -0.15) is 12.6 Å². The molecule has 0 spiro atoms. The second kappa shape index (κ2) is 16.1. The summed E-state index contributed by atoms with van der Waals surface area (Å²) in [5, 5.41) is 3.61. The molecule has 28 heavy (non-hydrogen) atoms. The minimum Gasteiger partial charge on any atom is -0.494 e. The fourth-order valence-corrected chi connectivity index (χ4v) is 3.25. The van der Waals surface area contributed by atoms with Gasteiger partial charge in [0, 0.05) is 38.8 Å². The molecular formula is C22H41N3O2S. The van der Waals surface area contributed by atoms with Crippen LogP contribution in [0.2, 0.25) is 0 Å². The van der Waals surface area contributed by atoms with Crippen molar-refractivity contribution in [1.29, 1.82) is 0 Å². The highest BCUT2D eigenvalue weighted by atomic mass is 32.1. The minimum atomic E-state index is 0.354. The molecule has 2 rings (SSSR count). The first-order chi connectivity index (χ1) is 13.7. The zero-order valence-corrected chi connectivity index (χ0v) is 19.2. The van der Waals surface area contributed by atoms with Gasteiger partial charge in [-0.05, 0) is 50.4 Å². The molecule has 5 nitrogen and oxygen atoms in total. The number of nitrogens with one attached hydrogen (secondary N) is 1. The highest BCUT2D eigenvalue weighted by molar-refractivity contribution is 7.79. The molecule has 0 amide bonds. The van der Waals surface area contributed by atoms with Gasteiger partial charge in [-0.15, -0.1) is 0 Å². The zero-order chi connectivity index (χ0) is 20.6. The van der Waals surface area contributed by atoms with Crippen molar-refractivity contribution in [2.75, 3.05) is 71.9 Å². The number of hydrogen-bond donors (Lipinski definition) is 2. The first-order valence-corrected chi connectivity index (χ1v) is 11.6. The average Bonchev–Trinajstić information content (AvgIpc) is 2.76. The lowest BCUT2D eigenvalue weighted by Gasteiger charge is -2.27. The number of nitrogens with zero attached hydrogens (tertiary/aromatic N) is 2. The molecule has 1 heterocycles. The number of rotatable bonds is 12. The molecule has 1 aliphatic heterocycles. The van der Waals surface area contributed by atoms with Crippen molar-refractivity contribution in [3.05, 3.63) is 29.8 Å². The maximum atomic E-state index is 5.88. The number of ether oxygens (including phenoxy) is 2. The van der Waals surface area contributed by atoms with E-state index < -0.39 is 0 Å². The summed E-state index contributed by atoms with van der Waals surface area (Å²) < 4.78 is 11.3. The molecule has 1 N–H and O–H groups in total. The predicted molar refractivity (Wildman–Crippen MR) is 123 cm³/mol. The summed E-state index contributed by atoms with van der Waals surface area (Å²) in [6.45, 7) is 16.7. The third-order valence-electron chi connectivity index (χ3n) is 5.14. The molecular weight excluding hydrogens is 370 g/mol. The van der Waals surface area contributed by atoms with Crippen molar-refractivity contribution in [2.24, 2.45) is 0 Å². The molecule has 0 radical (unpaired) electrons. The van der Waals surface area contributed by atoms with Crippen LogP contribution in [-0.4, -0.2) is 81.7 Å². The van der Waals surface area contributed by atoms with E-state index in [-0.39, 0.29) is 0 Å². The van der Waals surface area contributed by atoms with E-state index >= 15 is 0 Å². The van der Waals surface area contributed by atoms with Crippen LogP contribution >= 0.6 is 12.6 Å². The second-order valence-electron chi connectivity index (χ2n) is 6.93. The largest absolute Gasteiger partial charge is 0.494 e. The summed E-state index contributed by atoms with van der Waals surface area (Å²) >= 11 is 3.53. The maximum absolute atomic E-state index is 5.88. The fraction of sp³-hybridized carbons (Fsp3) is 0.727. The van der Waals surface area contributed by atoms with E-state index in [1.54, 1.807) is 6.26 Å². The highest BCUT2D eigenvalue weighted by Gasteiger charge is 2.11. The van der Waals surface area contributed by atoms with Crippen molar-refractivity contribution in [3.8, 4) is 5.75 Å². The monoisotopic (exact) mass is 411 g/mol. The van der Waals surface area contributed by atoms with E-state index in [0.717, 1.165) is 77.8 Å². The summed E-state index contributed by atoms with van der Waals surface area (Å²) in [5.74, 6) is 0.966. The lowest BCUT2D eigenvalue weighted by Crippen LogP contribution is -2.40. The van der Waals surface area contributed by atoms with Crippen molar-refractivity contribution < 1.29 is 9.47 Å². The predicted octanol–water partition coefficient (Wildman–Crippen LogP) is 3.33. The minimum absolute atomic E-state index is 0.354. The van der Waals surface area contributed by atoms with Crippen LogP contribution in [0.5, 0.6) is 5.75 Å². The normalized spacial score (nSPS) is 15.8. The van der Waals surface area contributed by atoms with Crippen LogP contribution in [-0.2, 0) is 4.74 Å². The lowest BCUT2D eigenvalue weighted by atomic mass is 10.1. The van der Waals surface area contributed by atoms with Gasteiger partial charge in [0.25, 0.3) is 0 Å². The molecule has 0 aromatic heterocycles. The van der Waals surface area contributed by atoms with E-state index in [2.05, 4.69) is 72.8 Å². The van der Waals surface area contributed by atoms with Gasteiger partial charge in [0.05, 0.1) is 19.8 Å². The van der Waals surface area contributed by atoms with Crippen molar-refractivity contribution in [2.45, 2.75) is 33.2 Å². The molecule has 6 heteroatoms. The summed E-state index contributed by atoms with van der Waals surface area (Å²) in [4.78, 5) is 4.88. The molecule has 0 bridgehead atoms. The van der Waals surface area contributed by atoms with E-state index in [1.807, 2.05) is 0 Å². The van der Waals surface area contributed by atoms with Gasteiger partial charge in [-0.25, -0.2) is 0 Å². The van der Waals surface area contributed by atoms with E-state index in [0.29, 0.717) is 6.04 Å². The van der Waals surface area contributed by atoms with Crippen molar-refractivity contribution >= 4 is 12.6 Å². The Morgan fingerprint density at radius 3 is 2.39 bits per heavy atom. The van der Waals surface area contributed by atoms with E-state index in [4.69, 9.17) is 9.47 Å². The van der Waals surface area contributed by atoms with Crippen LogP contribution < -0.4 is 10.1 Å². The molecule has 1 fully saturated rings. The van der Waals surface area contributed by atoms with Crippen LogP contribution in [0.3, 0.4) is 0 Å². The second-order valence-corrected chi connectivity index (χ2v) is 6.93. The Balaban J connectivity index is 0.00000190. The fourth-order valence-electron chi connectivity index (χ4n) is 3.25. The van der Waals surface area contributed by atoms with Gasteiger partial charge in [0.1, 0.15) is 5.75 Å². The summed E-state index contributed by atoms with van der Waals surface area (Å²) in [5.41, 5.74) is 1.31. The Kier molecular flexibility index (Phi) is 14.5. The number of morpholine rings is 1. The lowest BCUT2D eigenvalue weighted by molar-refractivity contribution is 0.0382. The SMILES string of the molecule is CCN(CC)CCCOc1ccc(C(C)NCCN2CCOCC2)cc1.CS. The quantitative estimate of drug-likeness (QED) is 0.408. The first kappa shape index (κ1) is 25.2. The van der Waals surface area contributed by atoms with Crippen LogP contribution in [0, 0.1) is 0 Å². The third kappa shape index (κ3) is 10.1. The smallest absolute Gasteiger partial charge is 0.119 e. The number of thiol groups is 1. The van der Waals surface area contributed by atoms with Gasteiger partial charge < -0.3 is 19.7 Å². The third-order valence-corrected chi connectivity index (χ3v) is 5.14. The molecule has 162 valence electrons. The summed E-state index contributed by atoms with van der Waals surface area (Å²) in [7, 11) is 0. The van der Waals surface area contributed by atoms with Crippen LogP contribution in [0.15, 0.2) is 24.3 Å². The van der Waals surface area contributed by atoms with Crippen molar-refractivity contribution in [3.63, 3.8) is 0 Å². The first-order valence-electron chi connectivity index (χ1n) is 10.7. The Hall–Kier alpha value is -0.790. The Labute approximate surface area is 178 Å². The molecule has 1 aliphatic rings. The molecule has 1 unspecified atom stereocenters. The van der Waals surface area contributed by atoms with Crippen LogP contribution in [0.4, 0.5) is 0 Å². The summed E-state index contributed by atoms with van der Waals surface area (Å²) in [6, 6.07) is 8.88. The summed E-state index contributed by atoms with van der Waals surface area (Å²) in [6.07, 6.45) is 2.77. The Morgan fingerprint density at radius 2 is 1.79 bits per heavy atom. The van der Waals surface area contributed by atoms with Crippen LogP contribution in [0.25, 0.3) is 0 Å². The maximum Gasteiger partial charge on any atom is 0.119 e. The number of benzene rings is 1. The van der Waals surface area contributed by atoms with E-state index in [9.17, 15) is 0 Å². The van der Waals surface area contributed by atoms with Gasteiger partial charge in [0.2, 0.25) is 0 Å². The van der Waals surface area contributed by atoms with Crippen molar-refractivity contribution in [1.82, 2.24) is 15.1 Å².